The Bertz CT molecular complexity index is 1250. The summed E-state index contributed by atoms with van der Waals surface area (Å²) in [6.45, 7) is 7.93. The number of carbonyl (C=O) groups is 1. The first kappa shape index (κ1) is 23.2. The van der Waals surface area contributed by atoms with Crippen molar-refractivity contribution in [1.29, 1.82) is 0 Å². The molecule has 0 spiro atoms. The third kappa shape index (κ3) is 5.35. The fourth-order valence-electron chi connectivity index (χ4n) is 4.11. The highest BCUT2D eigenvalue weighted by molar-refractivity contribution is 9.10. The van der Waals surface area contributed by atoms with Gasteiger partial charge in [-0.3, -0.25) is 4.79 Å². The fourth-order valence-corrected chi connectivity index (χ4v) is 4.51. The molecule has 0 atom stereocenters. The molecule has 4 aromatic carbocycles. The zero-order valence-electron chi connectivity index (χ0n) is 19.1. The number of carbonyl (C=O) groups excluding carboxylic acids is 1. The zero-order valence-corrected chi connectivity index (χ0v) is 20.6. The van der Waals surface area contributed by atoms with Gasteiger partial charge < -0.3 is 9.64 Å². The van der Waals surface area contributed by atoms with Gasteiger partial charge in [-0.15, -0.1) is 0 Å². The lowest BCUT2D eigenvalue weighted by Crippen LogP contribution is -2.27. The van der Waals surface area contributed by atoms with Crippen molar-refractivity contribution in [2.24, 2.45) is 0 Å². The highest BCUT2D eigenvalue weighted by Crippen LogP contribution is 2.34. The van der Waals surface area contributed by atoms with Crippen LogP contribution in [0.15, 0.2) is 89.4 Å². The molecule has 4 rings (SSSR count). The minimum absolute atomic E-state index is 0.0107. The first-order chi connectivity index (χ1) is 16.1. The summed E-state index contributed by atoms with van der Waals surface area (Å²) in [5.41, 5.74) is 3.31. The maximum atomic E-state index is 13.5. The monoisotopic (exact) mass is 501 g/mol. The average molecular weight is 502 g/mol. The SMILES string of the molecule is CCN(CC)CCOc1ccc(-c2c(C(=O)c3cccc(Br)c3)ccc3ccccc23)cc1. The van der Waals surface area contributed by atoms with E-state index in [1.165, 1.54) is 0 Å². The third-order valence-corrected chi connectivity index (χ3v) is 6.47. The number of nitrogens with zero attached hydrogens (tertiary/aromatic N) is 1. The summed E-state index contributed by atoms with van der Waals surface area (Å²) in [4.78, 5) is 15.9. The minimum atomic E-state index is 0.0107. The Balaban J connectivity index is 1.69. The summed E-state index contributed by atoms with van der Waals surface area (Å²) >= 11 is 3.48. The van der Waals surface area contributed by atoms with E-state index in [4.69, 9.17) is 4.74 Å². The van der Waals surface area contributed by atoms with Crippen LogP contribution in [0.3, 0.4) is 0 Å². The molecule has 0 fully saturated rings. The van der Waals surface area contributed by atoms with E-state index in [1.54, 1.807) is 0 Å². The van der Waals surface area contributed by atoms with Crippen LogP contribution in [0.2, 0.25) is 0 Å². The van der Waals surface area contributed by atoms with Gasteiger partial charge in [0, 0.05) is 27.7 Å². The van der Waals surface area contributed by atoms with Crippen molar-refractivity contribution in [1.82, 2.24) is 4.90 Å². The molecule has 0 aliphatic carbocycles. The molecule has 4 aromatic rings. The Morgan fingerprint density at radius 1 is 0.879 bits per heavy atom. The molecule has 0 N–H and O–H groups in total. The molecule has 0 aliphatic rings. The van der Waals surface area contributed by atoms with Crippen LogP contribution in [0, 0.1) is 0 Å². The Labute approximate surface area is 204 Å². The summed E-state index contributed by atoms with van der Waals surface area (Å²) in [7, 11) is 0. The van der Waals surface area contributed by atoms with Crippen LogP contribution in [0.5, 0.6) is 5.75 Å². The van der Waals surface area contributed by atoms with E-state index < -0.39 is 0 Å². The van der Waals surface area contributed by atoms with E-state index in [0.717, 1.165) is 51.8 Å². The van der Waals surface area contributed by atoms with Gasteiger partial charge in [0.2, 0.25) is 0 Å². The Kier molecular flexibility index (Phi) is 7.58. The van der Waals surface area contributed by atoms with E-state index in [0.29, 0.717) is 17.7 Å². The van der Waals surface area contributed by atoms with E-state index in [9.17, 15) is 4.79 Å². The first-order valence-electron chi connectivity index (χ1n) is 11.4. The third-order valence-electron chi connectivity index (χ3n) is 5.97. The molecule has 0 heterocycles. The molecular formula is C29H28BrNO2. The van der Waals surface area contributed by atoms with Crippen molar-refractivity contribution in [2.45, 2.75) is 13.8 Å². The smallest absolute Gasteiger partial charge is 0.193 e. The van der Waals surface area contributed by atoms with Crippen LogP contribution in [0.4, 0.5) is 0 Å². The molecule has 0 saturated heterocycles. The number of benzene rings is 4. The van der Waals surface area contributed by atoms with Crippen molar-refractivity contribution >= 4 is 32.5 Å². The maximum Gasteiger partial charge on any atom is 0.193 e. The lowest BCUT2D eigenvalue weighted by atomic mass is 9.89. The second-order valence-electron chi connectivity index (χ2n) is 7.95. The molecule has 0 radical (unpaired) electrons. The molecule has 0 unspecified atom stereocenters. The molecule has 0 aliphatic heterocycles. The molecule has 0 saturated carbocycles. The molecule has 168 valence electrons. The van der Waals surface area contributed by atoms with Gasteiger partial charge in [-0.1, -0.05) is 84.4 Å². The summed E-state index contributed by atoms with van der Waals surface area (Å²) in [5.74, 6) is 0.850. The van der Waals surface area contributed by atoms with Crippen LogP contribution in [-0.4, -0.2) is 36.9 Å². The zero-order chi connectivity index (χ0) is 23.2. The van der Waals surface area contributed by atoms with Crippen molar-refractivity contribution in [2.75, 3.05) is 26.2 Å². The number of likely N-dealkylation sites (N-methyl/N-ethyl adjacent to an activating group) is 1. The van der Waals surface area contributed by atoms with Gasteiger partial charge in [0.05, 0.1) is 0 Å². The highest BCUT2D eigenvalue weighted by Gasteiger charge is 2.18. The van der Waals surface area contributed by atoms with Crippen LogP contribution in [-0.2, 0) is 0 Å². The van der Waals surface area contributed by atoms with Gasteiger partial charge in [0.1, 0.15) is 12.4 Å². The van der Waals surface area contributed by atoms with Crippen molar-refractivity contribution in [3.63, 3.8) is 0 Å². The van der Waals surface area contributed by atoms with Gasteiger partial charge >= 0.3 is 0 Å². The molecule has 0 bridgehead atoms. The number of hydrogen-bond donors (Lipinski definition) is 0. The predicted octanol–water partition coefficient (Wildman–Crippen LogP) is 7.22. The highest BCUT2D eigenvalue weighted by atomic mass is 79.9. The maximum absolute atomic E-state index is 13.5. The summed E-state index contributed by atoms with van der Waals surface area (Å²) in [6, 6.07) is 27.8. The quantitative estimate of drug-likeness (QED) is 0.226. The molecule has 33 heavy (non-hydrogen) atoms. The van der Waals surface area contributed by atoms with Crippen molar-refractivity contribution in [3.05, 3.63) is 101 Å². The Morgan fingerprint density at radius 2 is 1.64 bits per heavy atom. The predicted molar refractivity (Wildman–Crippen MR) is 140 cm³/mol. The lowest BCUT2D eigenvalue weighted by molar-refractivity contribution is 0.103. The lowest BCUT2D eigenvalue weighted by Gasteiger charge is -2.18. The van der Waals surface area contributed by atoms with E-state index in [-0.39, 0.29) is 5.78 Å². The number of halogens is 1. The average Bonchev–Trinajstić information content (AvgIpc) is 2.86. The largest absolute Gasteiger partial charge is 0.492 e. The van der Waals surface area contributed by atoms with Crippen molar-refractivity contribution < 1.29 is 9.53 Å². The van der Waals surface area contributed by atoms with Crippen LogP contribution in [0.25, 0.3) is 21.9 Å². The number of ether oxygens (including phenoxy) is 1. The summed E-state index contributed by atoms with van der Waals surface area (Å²) in [5, 5.41) is 2.17. The fraction of sp³-hybridized carbons (Fsp3) is 0.207. The van der Waals surface area contributed by atoms with E-state index in [1.807, 2.05) is 72.8 Å². The van der Waals surface area contributed by atoms with Crippen LogP contribution >= 0.6 is 15.9 Å². The molecule has 3 nitrogen and oxygen atoms in total. The van der Waals surface area contributed by atoms with E-state index in [2.05, 4.69) is 46.8 Å². The van der Waals surface area contributed by atoms with Crippen LogP contribution in [0.1, 0.15) is 29.8 Å². The number of fused-ring (bicyclic) bond motifs is 1. The normalized spacial score (nSPS) is 11.2. The number of ketones is 1. The molecule has 0 aromatic heterocycles. The summed E-state index contributed by atoms with van der Waals surface area (Å²) in [6.07, 6.45) is 0. The second-order valence-corrected chi connectivity index (χ2v) is 8.86. The Hall–Kier alpha value is -2.95. The number of hydrogen-bond acceptors (Lipinski definition) is 3. The second kappa shape index (κ2) is 10.8. The van der Waals surface area contributed by atoms with Crippen molar-refractivity contribution in [3.8, 4) is 16.9 Å². The van der Waals surface area contributed by atoms with Gasteiger partial charge in [-0.2, -0.15) is 0 Å². The molecule has 4 heteroatoms. The minimum Gasteiger partial charge on any atom is -0.492 e. The first-order valence-corrected chi connectivity index (χ1v) is 12.2. The van der Waals surface area contributed by atoms with E-state index >= 15 is 0 Å². The Morgan fingerprint density at radius 3 is 2.36 bits per heavy atom. The van der Waals surface area contributed by atoms with Crippen LogP contribution < -0.4 is 4.74 Å². The molecular weight excluding hydrogens is 474 g/mol. The van der Waals surface area contributed by atoms with Gasteiger partial charge in [-0.05, 0) is 59.8 Å². The summed E-state index contributed by atoms with van der Waals surface area (Å²) < 4.78 is 6.86. The standard InChI is InChI=1S/C29H28BrNO2/c1-3-31(4-2)18-19-33-25-15-12-22(13-16-25)28-26-11-6-5-8-21(26)14-17-27(28)29(32)23-9-7-10-24(30)20-23/h5-17,20H,3-4,18-19H2,1-2H3. The number of rotatable bonds is 9. The van der Waals surface area contributed by atoms with Gasteiger partial charge in [0.25, 0.3) is 0 Å². The topological polar surface area (TPSA) is 29.5 Å². The van der Waals surface area contributed by atoms with Gasteiger partial charge in [0.15, 0.2) is 5.78 Å². The molecule has 0 amide bonds. The van der Waals surface area contributed by atoms with Gasteiger partial charge in [-0.25, -0.2) is 0 Å².